The number of hydrogen-bond donors (Lipinski definition) is 2. The van der Waals surface area contributed by atoms with E-state index in [1.165, 1.54) is 12.8 Å². The van der Waals surface area contributed by atoms with E-state index < -0.39 is 0 Å². The van der Waals surface area contributed by atoms with Crippen molar-refractivity contribution >= 4 is 5.91 Å². The van der Waals surface area contributed by atoms with Crippen molar-refractivity contribution in [2.75, 3.05) is 19.6 Å². The van der Waals surface area contributed by atoms with Crippen LogP contribution in [0.2, 0.25) is 0 Å². The lowest BCUT2D eigenvalue weighted by Crippen LogP contribution is -2.36. The number of carbonyl (C=O) groups excluding carboxylic acids is 1. The van der Waals surface area contributed by atoms with Crippen LogP contribution in [0.15, 0.2) is 30.3 Å². The first-order valence-electron chi connectivity index (χ1n) is 7.52. The van der Waals surface area contributed by atoms with Crippen molar-refractivity contribution < 1.29 is 4.79 Å². The molecule has 1 amide bonds. The van der Waals surface area contributed by atoms with Gasteiger partial charge in [-0.15, -0.1) is 0 Å². The Labute approximate surface area is 121 Å². The van der Waals surface area contributed by atoms with Gasteiger partial charge in [0.25, 0.3) is 0 Å². The zero-order valence-corrected chi connectivity index (χ0v) is 12.2. The van der Waals surface area contributed by atoms with Gasteiger partial charge in [0.1, 0.15) is 0 Å². The molecule has 1 aliphatic carbocycles. The van der Waals surface area contributed by atoms with E-state index >= 15 is 0 Å². The number of nitrogens with two attached hydrogens (primary N) is 1. The second-order valence-electron chi connectivity index (χ2n) is 5.43. The molecule has 110 valence electrons. The average molecular weight is 275 g/mol. The van der Waals surface area contributed by atoms with E-state index in [0.29, 0.717) is 13.0 Å². The van der Waals surface area contributed by atoms with Gasteiger partial charge in [0.15, 0.2) is 0 Å². The third kappa shape index (κ3) is 4.62. The van der Waals surface area contributed by atoms with Crippen LogP contribution < -0.4 is 11.1 Å². The Morgan fingerprint density at radius 3 is 2.70 bits per heavy atom. The van der Waals surface area contributed by atoms with E-state index in [4.69, 9.17) is 5.73 Å². The summed E-state index contributed by atoms with van der Waals surface area (Å²) in [5.41, 5.74) is 7.05. The Hall–Kier alpha value is -1.39. The molecule has 0 radical (unpaired) electrons. The van der Waals surface area contributed by atoms with Gasteiger partial charge in [-0.25, -0.2) is 0 Å². The molecule has 1 aliphatic rings. The fourth-order valence-electron chi connectivity index (χ4n) is 2.47. The fraction of sp³-hybridized carbons (Fsp3) is 0.562. The number of amides is 1. The molecule has 1 fully saturated rings. The Balaban J connectivity index is 1.67. The maximum absolute atomic E-state index is 11.9. The van der Waals surface area contributed by atoms with Gasteiger partial charge in [0, 0.05) is 31.6 Å². The van der Waals surface area contributed by atoms with Gasteiger partial charge in [0.05, 0.1) is 0 Å². The zero-order valence-electron chi connectivity index (χ0n) is 12.2. The molecule has 1 atom stereocenters. The lowest BCUT2D eigenvalue weighted by Gasteiger charge is -2.20. The Morgan fingerprint density at radius 2 is 2.10 bits per heavy atom. The second kappa shape index (κ2) is 7.41. The molecule has 20 heavy (non-hydrogen) atoms. The molecule has 0 aromatic heterocycles. The van der Waals surface area contributed by atoms with Gasteiger partial charge >= 0.3 is 0 Å². The summed E-state index contributed by atoms with van der Waals surface area (Å²) in [7, 11) is 0. The van der Waals surface area contributed by atoms with Crippen LogP contribution >= 0.6 is 0 Å². The minimum Gasteiger partial charge on any atom is -0.355 e. The summed E-state index contributed by atoms with van der Waals surface area (Å²) in [6, 6.07) is 10.3. The number of likely N-dealkylation sites (N-methyl/N-ethyl adjacent to an activating group) is 1. The molecule has 0 heterocycles. The third-order valence-electron chi connectivity index (χ3n) is 3.82. The number of benzene rings is 1. The van der Waals surface area contributed by atoms with E-state index in [1.54, 1.807) is 0 Å². The van der Waals surface area contributed by atoms with Crippen LogP contribution in [0.25, 0.3) is 0 Å². The van der Waals surface area contributed by atoms with Crippen molar-refractivity contribution in [3.8, 4) is 0 Å². The minimum atomic E-state index is -0.220. The summed E-state index contributed by atoms with van der Waals surface area (Å²) < 4.78 is 0. The van der Waals surface area contributed by atoms with E-state index in [2.05, 4.69) is 17.1 Å². The van der Waals surface area contributed by atoms with Gasteiger partial charge in [-0.1, -0.05) is 37.3 Å². The SMILES string of the molecule is CCN(CCNC(=O)CC(N)c1ccccc1)C1CC1. The monoisotopic (exact) mass is 275 g/mol. The zero-order chi connectivity index (χ0) is 14.4. The van der Waals surface area contributed by atoms with Gasteiger partial charge < -0.3 is 11.1 Å². The summed E-state index contributed by atoms with van der Waals surface area (Å²) in [6.45, 7) is 4.88. The Bertz CT molecular complexity index is 417. The topological polar surface area (TPSA) is 58.4 Å². The number of nitrogens with one attached hydrogen (secondary N) is 1. The molecule has 0 bridgehead atoms. The summed E-state index contributed by atoms with van der Waals surface area (Å²) >= 11 is 0. The molecular weight excluding hydrogens is 250 g/mol. The first-order valence-corrected chi connectivity index (χ1v) is 7.52. The average Bonchev–Trinajstić information content (AvgIpc) is 3.29. The van der Waals surface area contributed by atoms with Crippen molar-refractivity contribution in [2.24, 2.45) is 5.73 Å². The molecule has 1 unspecified atom stereocenters. The van der Waals surface area contributed by atoms with Gasteiger partial charge in [0.2, 0.25) is 5.91 Å². The molecule has 1 saturated carbocycles. The van der Waals surface area contributed by atoms with Crippen molar-refractivity contribution in [2.45, 2.75) is 38.3 Å². The summed E-state index contributed by atoms with van der Waals surface area (Å²) in [5.74, 6) is 0.0354. The first kappa shape index (κ1) is 15.0. The largest absolute Gasteiger partial charge is 0.355 e. The van der Waals surface area contributed by atoms with Gasteiger partial charge in [-0.05, 0) is 24.9 Å². The molecule has 2 rings (SSSR count). The highest BCUT2D eigenvalue weighted by molar-refractivity contribution is 5.76. The molecule has 0 aliphatic heterocycles. The minimum absolute atomic E-state index is 0.0354. The third-order valence-corrected chi connectivity index (χ3v) is 3.82. The highest BCUT2D eigenvalue weighted by atomic mass is 16.1. The van der Waals surface area contributed by atoms with E-state index in [-0.39, 0.29) is 11.9 Å². The van der Waals surface area contributed by atoms with E-state index in [9.17, 15) is 4.79 Å². The van der Waals surface area contributed by atoms with Crippen LogP contribution in [0, 0.1) is 0 Å². The van der Waals surface area contributed by atoms with Crippen molar-refractivity contribution in [3.05, 3.63) is 35.9 Å². The van der Waals surface area contributed by atoms with E-state index in [0.717, 1.165) is 24.7 Å². The highest BCUT2D eigenvalue weighted by Gasteiger charge is 2.27. The van der Waals surface area contributed by atoms with Crippen LogP contribution in [0.4, 0.5) is 0 Å². The molecule has 4 nitrogen and oxygen atoms in total. The number of carbonyl (C=O) groups is 1. The van der Waals surface area contributed by atoms with Crippen molar-refractivity contribution in [3.63, 3.8) is 0 Å². The molecular formula is C16H25N3O. The Morgan fingerprint density at radius 1 is 1.40 bits per heavy atom. The van der Waals surface area contributed by atoms with Crippen LogP contribution in [0.1, 0.15) is 37.8 Å². The Kier molecular flexibility index (Phi) is 5.56. The molecule has 0 spiro atoms. The lowest BCUT2D eigenvalue weighted by atomic mass is 10.0. The standard InChI is InChI=1S/C16H25N3O/c1-2-19(14-8-9-14)11-10-18-16(20)12-15(17)13-6-4-3-5-7-13/h3-7,14-15H,2,8-12,17H2,1H3,(H,18,20). The highest BCUT2D eigenvalue weighted by Crippen LogP contribution is 2.25. The molecule has 3 N–H and O–H groups in total. The van der Waals surface area contributed by atoms with Crippen LogP contribution in [0.3, 0.4) is 0 Å². The van der Waals surface area contributed by atoms with Crippen molar-refractivity contribution in [1.82, 2.24) is 10.2 Å². The number of hydrogen-bond acceptors (Lipinski definition) is 3. The van der Waals surface area contributed by atoms with Crippen molar-refractivity contribution in [1.29, 1.82) is 0 Å². The maximum atomic E-state index is 11.9. The summed E-state index contributed by atoms with van der Waals surface area (Å²) in [5, 5.41) is 2.97. The fourth-order valence-corrected chi connectivity index (χ4v) is 2.47. The van der Waals surface area contributed by atoms with Gasteiger partial charge in [-0.3, -0.25) is 9.69 Å². The smallest absolute Gasteiger partial charge is 0.221 e. The number of rotatable bonds is 8. The normalized spacial score (nSPS) is 16.1. The lowest BCUT2D eigenvalue weighted by molar-refractivity contribution is -0.121. The maximum Gasteiger partial charge on any atom is 0.221 e. The predicted molar refractivity (Wildman–Crippen MR) is 81.3 cm³/mol. The molecule has 1 aromatic carbocycles. The van der Waals surface area contributed by atoms with Gasteiger partial charge in [-0.2, -0.15) is 0 Å². The first-order chi connectivity index (χ1) is 9.70. The quantitative estimate of drug-likeness (QED) is 0.759. The number of nitrogens with zero attached hydrogens (tertiary/aromatic N) is 1. The van der Waals surface area contributed by atoms with Crippen LogP contribution in [0.5, 0.6) is 0 Å². The summed E-state index contributed by atoms with van der Waals surface area (Å²) in [6.07, 6.45) is 2.96. The second-order valence-corrected chi connectivity index (χ2v) is 5.43. The molecule has 1 aromatic rings. The molecule has 4 heteroatoms. The predicted octanol–water partition coefficient (Wildman–Crippen LogP) is 1.68. The summed E-state index contributed by atoms with van der Waals surface area (Å²) in [4.78, 5) is 14.3. The molecule has 0 saturated heterocycles. The van der Waals surface area contributed by atoms with Crippen LogP contribution in [-0.4, -0.2) is 36.5 Å². The van der Waals surface area contributed by atoms with Crippen LogP contribution in [-0.2, 0) is 4.79 Å². The van der Waals surface area contributed by atoms with E-state index in [1.807, 2.05) is 30.3 Å².